The van der Waals surface area contributed by atoms with E-state index in [9.17, 15) is 14.7 Å². The second-order valence-electron chi connectivity index (χ2n) is 11.1. The van der Waals surface area contributed by atoms with Crippen molar-refractivity contribution in [3.8, 4) is 5.75 Å². The van der Waals surface area contributed by atoms with Crippen molar-refractivity contribution in [3.63, 3.8) is 0 Å². The van der Waals surface area contributed by atoms with Crippen molar-refractivity contribution in [1.82, 2.24) is 4.90 Å². The molecule has 1 saturated carbocycles. The van der Waals surface area contributed by atoms with Crippen molar-refractivity contribution >= 4 is 29.2 Å². The van der Waals surface area contributed by atoms with Crippen LogP contribution in [0.3, 0.4) is 0 Å². The number of amides is 1. The molecule has 1 N–H and O–H groups in total. The zero-order valence-electron chi connectivity index (χ0n) is 22.8. The Morgan fingerprint density at radius 1 is 1.13 bits per heavy atom. The first kappa shape index (κ1) is 27.6. The van der Waals surface area contributed by atoms with Gasteiger partial charge in [0.05, 0.1) is 18.2 Å². The van der Waals surface area contributed by atoms with Gasteiger partial charge in [-0.05, 0) is 79.5 Å². The first-order valence-electron chi connectivity index (χ1n) is 14.4. The molecule has 0 spiro atoms. The van der Waals surface area contributed by atoms with Crippen molar-refractivity contribution in [3.05, 3.63) is 70.3 Å². The number of hydrogen-bond acceptors (Lipinski definition) is 4. The van der Waals surface area contributed by atoms with Gasteiger partial charge in [-0.2, -0.15) is 0 Å². The molecule has 3 aliphatic rings. The van der Waals surface area contributed by atoms with Crippen LogP contribution in [0.2, 0.25) is 5.02 Å². The van der Waals surface area contributed by atoms with Crippen molar-refractivity contribution in [2.75, 3.05) is 31.1 Å². The minimum absolute atomic E-state index is 0.0346. The van der Waals surface area contributed by atoms with Gasteiger partial charge in [-0.1, -0.05) is 49.2 Å². The topological polar surface area (TPSA) is 70.1 Å². The van der Waals surface area contributed by atoms with Crippen LogP contribution in [0.5, 0.6) is 5.75 Å². The zero-order chi connectivity index (χ0) is 27.4. The standard InChI is InChI=1S/C32H39ClN2O4/c1-2-8-22-17-25(33)10-13-27(22)24-20-34-15-6-4-3-5-7-16-35(26-11-12-26)31(36)19-28(32(37)38)23-9-14-30(39-21-24)29(34)18-23/h5,7,9-10,13-14,17-18,24,26,28H,2-4,6,8,11-12,15-16,19-21H2,1H3,(H,37,38)/b7-5+. The van der Waals surface area contributed by atoms with E-state index in [0.717, 1.165) is 74.5 Å². The van der Waals surface area contributed by atoms with E-state index < -0.39 is 11.9 Å². The Hall–Kier alpha value is -2.99. The van der Waals surface area contributed by atoms with E-state index in [-0.39, 0.29) is 24.3 Å². The van der Waals surface area contributed by atoms with Crippen LogP contribution in [0.15, 0.2) is 48.6 Å². The molecule has 1 fully saturated rings. The third kappa shape index (κ3) is 6.60. The van der Waals surface area contributed by atoms with Gasteiger partial charge < -0.3 is 19.6 Å². The molecule has 2 aromatic carbocycles. The molecule has 2 aromatic rings. The fourth-order valence-electron chi connectivity index (χ4n) is 5.94. The van der Waals surface area contributed by atoms with E-state index in [1.807, 2.05) is 29.2 Å². The van der Waals surface area contributed by atoms with Crippen LogP contribution in [-0.4, -0.2) is 54.2 Å². The maximum absolute atomic E-state index is 13.3. The highest BCUT2D eigenvalue weighted by Gasteiger charge is 2.35. The summed E-state index contributed by atoms with van der Waals surface area (Å²) in [5.74, 6) is -1.02. The van der Waals surface area contributed by atoms with E-state index >= 15 is 0 Å². The molecule has 2 heterocycles. The van der Waals surface area contributed by atoms with Crippen LogP contribution >= 0.6 is 11.6 Å². The molecule has 6 nitrogen and oxygen atoms in total. The summed E-state index contributed by atoms with van der Waals surface area (Å²) in [7, 11) is 0. The van der Waals surface area contributed by atoms with Crippen molar-refractivity contribution < 1.29 is 19.4 Å². The largest absolute Gasteiger partial charge is 0.491 e. The van der Waals surface area contributed by atoms with Gasteiger partial charge in [0.25, 0.3) is 0 Å². The minimum Gasteiger partial charge on any atom is -0.491 e. The summed E-state index contributed by atoms with van der Waals surface area (Å²) >= 11 is 6.36. The Morgan fingerprint density at radius 3 is 2.74 bits per heavy atom. The minimum atomic E-state index is -0.969. The molecule has 0 aromatic heterocycles. The molecular formula is C32H39ClN2O4. The number of aliphatic carboxylic acids is 1. The SMILES string of the molecule is CCCc1cc(Cl)ccc1C1COc2ccc3cc2N(CCCC/C=C/CN(C2CC2)C(=O)CC3C(=O)O)C1. The van der Waals surface area contributed by atoms with Gasteiger partial charge in [-0.25, -0.2) is 0 Å². The number of rotatable bonds is 5. The van der Waals surface area contributed by atoms with Crippen LogP contribution < -0.4 is 9.64 Å². The number of anilines is 1. The number of nitrogens with zero attached hydrogens (tertiary/aromatic N) is 2. The number of carboxylic acids is 1. The normalized spacial score (nSPS) is 23.3. The highest BCUT2D eigenvalue weighted by molar-refractivity contribution is 6.30. The molecule has 2 unspecified atom stereocenters. The maximum atomic E-state index is 13.3. The second kappa shape index (κ2) is 12.5. The number of carboxylic acid groups (broad SMARTS) is 1. The number of carbonyl (C=O) groups excluding carboxylic acids is 1. The number of benzene rings is 2. The van der Waals surface area contributed by atoms with Crippen LogP contribution in [0.25, 0.3) is 0 Å². The van der Waals surface area contributed by atoms with Gasteiger partial charge in [-0.15, -0.1) is 0 Å². The fraction of sp³-hybridized carbons (Fsp3) is 0.500. The molecule has 2 bridgehead atoms. The lowest BCUT2D eigenvalue weighted by molar-refractivity contribution is -0.142. The van der Waals surface area contributed by atoms with Gasteiger partial charge >= 0.3 is 5.97 Å². The van der Waals surface area contributed by atoms with Crippen LogP contribution in [0.1, 0.15) is 80.4 Å². The van der Waals surface area contributed by atoms with E-state index in [2.05, 4.69) is 36.1 Å². The number of carbonyl (C=O) groups is 2. The van der Waals surface area contributed by atoms with Gasteiger partial charge in [0.1, 0.15) is 5.75 Å². The lowest BCUT2D eigenvalue weighted by Crippen LogP contribution is -2.35. The number of ether oxygens (including phenoxy) is 1. The molecule has 208 valence electrons. The highest BCUT2D eigenvalue weighted by atomic mass is 35.5. The smallest absolute Gasteiger partial charge is 0.311 e. The van der Waals surface area contributed by atoms with E-state index in [4.69, 9.17) is 16.3 Å². The maximum Gasteiger partial charge on any atom is 0.311 e. The Morgan fingerprint density at radius 2 is 1.97 bits per heavy atom. The van der Waals surface area contributed by atoms with Crippen molar-refractivity contribution in [2.45, 2.75) is 76.2 Å². The van der Waals surface area contributed by atoms with Crippen LogP contribution in [-0.2, 0) is 16.0 Å². The summed E-state index contributed by atoms with van der Waals surface area (Å²) in [5, 5.41) is 10.9. The Bertz CT molecular complexity index is 1220. The molecule has 1 aliphatic carbocycles. The van der Waals surface area contributed by atoms with Gasteiger partial charge in [-0.3, -0.25) is 9.59 Å². The zero-order valence-corrected chi connectivity index (χ0v) is 23.5. The average molecular weight is 551 g/mol. The summed E-state index contributed by atoms with van der Waals surface area (Å²) in [4.78, 5) is 30.0. The van der Waals surface area contributed by atoms with Gasteiger partial charge in [0, 0.05) is 43.0 Å². The predicted octanol–water partition coefficient (Wildman–Crippen LogP) is 6.56. The molecule has 5 rings (SSSR count). The number of aryl methyl sites for hydroxylation is 1. The van der Waals surface area contributed by atoms with Crippen LogP contribution in [0.4, 0.5) is 5.69 Å². The molecule has 7 heteroatoms. The Balaban J connectivity index is 1.49. The van der Waals surface area contributed by atoms with E-state index in [0.29, 0.717) is 18.7 Å². The van der Waals surface area contributed by atoms with Gasteiger partial charge in [0.2, 0.25) is 5.91 Å². The molecule has 0 saturated heterocycles. The molecule has 0 radical (unpaired) electrons. The van der Waals surface area contributed by atoms with E-state index in [1.165, 1.54) is 11.1 Å². The van der Waals surface area contributed by atoms with Crippen molar-refractivity contribution in [2.24, 2.45) is 0 Å². The Kier molecular flexibility index (Phi) is 8.81. The number of fused-ring (bicyclic) bond motifs is 1. The monoisotopic (exact) mass is 550 g/mol. The average Bonchev–Trinajstić information content (AvgIpc) is 3.76. The summed E-state index contributed by atoms with van der Waals surface area (Å²) in [6, 6.07) is 12.1. The van der Waals surface area contributed by atoms with E-state index in [1.54, 1.807) is 0 Å². The summed E-state index contributed by atoms with van der Waals surface area (Å²) in [6.07, 6.45) is 11.2. The first-order chi connectivity index (χ1) is 18.9. The molecule has 2 aliphatic heterocycles. The molecule has 1 amide bonds. The fourth-order valence-corrected chi connectivity index (χ4v) is 6.13. The Labute approximate surface area is 236 Å². The number of hydrogen-bond donors (Lipinski definition) is 1. The summed E-state index contributed by atoms with van der Waals surface area (Å²) in [5.41, 5.74) is 4.10. The molecule has 2 atom stereocenters. The number of halogens is 1. The quantitative estimate of drug-likeness (QED) is 0.427. The summed E-state index contributed by atoms with van der Waals surface area (Å²) < 4.78 is 6.39. The molecule has 39 heavy (non-hydrogen) atoms. The highest BCUT2D eigenvalue weighted by Crippen LogP contribution is 2.39. The number of allylic oxidation sites excluding steroid dienone is 1. The third-order valence-corrected chi connectivity index (χ3v) is 8.41. The predicted molar refractivity (Wildman–Crippen MR) is 155 cm³/mol. The third-order valence-electron chi connectivity index (χ3n) is 8.17. The lowest BCUT2D eigenvalue weighted by Gasteiger charge is -2.28. The van der Waals surface area contributed by atoms with Gasteiger partial charge in [0.15, 0.2) is 0 Å². The summed E-state index contributed by atoms with van der Waals surface area (Å²) in [6.45, 7) is 4.91. The van der Waals surface area contributed by atoms with Crippen LogP contribution in [0, 0.1) is 0 Å². The van der Waals surface area contributed by atoms with Crippen molar-refractivity contribution in [1.29, 1.82) is 0 Å². The first-order valence-corrected chi connectivity index (χ1v) is 14.8. The molecular weight excluding hydrogens is 512 g/mol. The second-order valence-corrected chi connectivity index (χ2v) is 11.6. The lowest BCUT2D eigenvalue weighted by atomic mass is 9.91.